The average Bonchev–Trinajstić information content (AvgIpc) is 2.88. The molecule has 2 atom stereocenters. The highest BCUT2D eigenvalue weighted by Gasteiger charge is 2.49. The lowest BCUT2D eigenvalue weighted by Crippen LogP contribution is -2.44. The van der Waals surface area contributed by atoms with Crippen molar-refractivity contribution in [3.8, 4) is 0 Å². The summed E-state index contributed by atoms with van der Waals surface area (Å²) in [6.07, 6.45) is 4.56. The molecule has 1 aliphatic heterocycles. The number of aryl methyl sites for hydroxylation is 1. The minimum atomic E-state index is -0.215. The van der Waals surface area contributed by atoms with Gasteiger partial charge in [0.05, 0.1) is 5.41 Å². The zero-order valence-corrected chi connectivity index (χ0v) is 13.8. The predicted molar refractivity (Wildman–Crippen MR) is 89.3 cm³/mol. The Labute approximate surface area is 137 Å². The van der Waals surface area contributed by atoms with E-state index >= 15 is 0 Å². The van der Waals surface area contributed by atoms with Crippen LogP contribution in [0.15, 0.2) is 18.2 Å². The van der Waals surface area contributed by atoms with Crippen LogP contribution >= 0.6 is 24.0 Å². The third-order valence-electron chi connectivity index (χ3n) is 4.94. The number of rotatable bonds is 2. The number of halogens is 2. The van der Waals surface area contributed by atoms with Crippen LogP contribution in [0.3, 0.4) is 0 Å². The van der Waals surface area contributed by atoms with Crippen LogP contribution in [0, 0.1) is 18.3 Å². The van der Waals surface area contributed by atoms with E-state index in [0.717, 1.165) is 43.6 Å². The Morgan fingerprint density at radius 3 is 3.05 bits per heavy atom. The van der Waals surface area contributed by atoms with E-state index in [1.54, 1.807) is 0 Å². The van der Waals surface area contributed by atoms with E-state index in [1.807, 2.05) is 25.1 Å². The van der Waals surface area contributed by atoms with Gasteiger partial charge in [-0.05, 0) is 49.9 Å². The summed E-state index contributed by atoms with van der Waals surface area (Å²) in [6.45, 7) is 3.78. The first-order chi connectivity index (χ1) is 9.62. The molecule has 21 heavy (non-hydrogen) atoms. The summed E-state index contributed by atoms with van der Waals surface area (Å²) in [7, 11) is 0. The summed E-state index contributed by atoms with van der Waals surface area (Å²) in [5.74, 6) is 0.647. The minimum absolute atomic E-state index is 0. The highest BCUT2D eigenvalue weighted by molar-refractivity contribution is 6.31. The lowest BCUT2D eigenvalue weighted by molar-refractivity contribution is -0.128. The standard InChI is InChI=1S/C16H21ClN2O.ClH/c1-11-5-6-13(17)8-14(11)19-15(20)16-7-3-2-4-12(16)9-18-10-16;/h5-6,8,12,18H,2-4,7,9-10H2,1H3,(H,19,20);1H/t12-,16+;/m0./s1. The molecule has 0 spiro atoms. The number of anilines is 1. The molecule has 2 N–H and O–H groups in total. The number of hydrogen-bond donors (Lipinski definition) is 2. The average molecular weight is 329 g/mol. The smallest absolute Gasteiger partial charge is 0.232 e. The van der Waals surface area contributed by atoms with E-state index in [-0.39, 0.29) is 23.7 Å². The second-order valence-electron chi connectivity index (χ2n) is 6.14. The van der Waals surface area contributed by atoms with Gasteiger partial charge < -0.3 is 10.6 Å². The third-order valence-corrected chi connectivity index (χ3v) is 5.17. The Morgan fingerprint density at radius 1 is 1.43 bits per heavy atom. The fourth-order valence-electron chi connectivity index (χ4n) is 3.67. The molecule has 1 amide bonds. The van der Waals surface area contributed by atoms with Gasteiger partial charge in [-0.15, -0.1) is 12.4 Å². The van der Waals surface area contributed by atoms with Crippen LogP contribution in [0.2, 0.25) is 5.02 Å². The van der Waals surface area contributed by atoms with Gasteiger partial charge in [0.1, 0.15) is 0 Å². The van der Waals surface area contributed by atoms with E-state index < -0.39 is 0 Å². The van der Waals surface area contributed by atoms with Crippen LogP contribution in [0.4, 0.5) is 5.69 Å². The molecular weight excluding hydrogens is 307 g/mol. The molecule has 0 radical (unpaired) electrons. The summed E-state index contributed by atoms with van der Waals surface area (Å²) >= 11 is 6.03. The molecule has 3 rings (SSSR count). The Morgan fingerprint density at radius 2 is 2.24 bits per heavy atom. The van der Waals surface area contributed by atoms with Crippen molar-refractivity contribution in [2.45, 2.75) is 32.6 Å². The Bertz CT molecular complexity index is 535. The maximum atomic E-state index is 12.8. The summed E-state index contributed by atoms with van der Waals surface area (Å²) in [5, 5.41) is 7.19. The molecule has 3 nitrogen and oxygen atoms in total. The Hall–Kier alpha value is -0.770. The van der Waals surface area contributed by atoms with E-state index in [1.165, 1.54) is 6.42 Å². The molecule has 2 fully saturated rings. The van der Waals surface area contributed by atoms with Crippen molar-refractivity contribution in [2.75, 3.05) is 18.4 Å². The quantitative estimate of drug-likeness (QED) is 0.867. The van der Waals surface area contributed by atoms with Crippen molar-refractivity contribution in [3.63, 3.8) is 0 Å². The molecular formula is C16H22Cl2N2O. The fourth-order valence-corrected chi connectivity index (χ4v) is 3.84. The topological polar surface area (TPSA) is 41.1 Å². The number of nitrogens with one attached hydrogen (secondary N) is 2. The van der Waals surface area contributed by atoms with Gasteiger partial charge in [0.15, 0.2) is 0 Å². The van der Waals surface area contributed by atoms with Gasteiger partial charge in [-0.25, -0.2) is 0 Å². The third kappa shape index (κ3) is 3.05. The van der Waals surface area contributed by atoms with E-state index in [2.05, 4.69) is 10.6 Å². The lowest BCUT2D eigenvalue weighted by atomic mass is 9.67. The number of amides is 1. The normalized spacial score (nSPS) is 27.6. The number of benzene rings is 1. The molecule has 1 aromatic rings. The fraction of sp³-hybridized carbons (Fsp3) is 0.562. The second kappa shape index (κ2) is 6.55. The molecule has 1 saturated heterocycles. The molecule has 116 valence electrons. The van der Waals surface area contributed by atoms with Gasteiger partial charge in [-0.3, -0.25) is 4.79 Å². The van der Waals surface area contributed by atoms with Gasteiger partial charge in [0.25, 0.3) is 0 Å². The number of carbonyl (C=O) groups excluding carboxylic acids is 1. The highest BCUT2D eigenvalue weighted by Crippen LogP contribution is 2.44. The zero-order chi connectivity index (χ0) is 14.2. The molecule has 2 aliphatic rings. The minimum Gasteiger partial charge on any atom is -0.325 e. The summed E-state index contributed by atoms with van der Waals surface area (Å²) in [6, 6.07) is 5.64. The highest BCUT2D eigenvalue weighted by atomic mass is 35.5. The summed E-state index contributed by atoms with van der Waals surface area (Å²) < 4.78 is 0. The van der Waals surface area contributed by atoms with Crippen LogP contribution in [-0.2, 0) is 4.79 Å². The van der Waals surface area contributed by atoms with Gasteiger partial charge >= 0.3 is 0 Å². The van der Waals surface area contributed by atoms with Crippen LogP contribution in [0.5, 0.6) is 0 Å². The molecule has 1 heterocycles. The second-order valence-corrected chi connectivity index (χ2v) is 6.58. The first-order valence-corrected chi connectivity index (χ1v) is 7.78. The number of hydrogen-bond acceptors (Lipinski definition) is 2. The van der Waals surface area contributed by atoms with Gasteiger partial charge in [0.2, 0.25) is 5.91 Å². The van der Waals surface area contributed by atoms with Crippen LogP contribution in [0.25, 0.3) is 0 Å². The largest absolute Gasteiger partial charge is 0.325 e. The number of carbonyl (C=O) groups is 1. The van der Waals surface area contributed by atoms with Crippen molar-refractivity contribution in [2.24, 2.45) is 11.3 Å². The predicted octanol–water partition coefficient (Wildman–Crippen LogP) is 3.79. The maximum Gasteiger partial charge on any atom is 0.232 e. The molecule has 0 aromatic heterocycles. The molecule has 0 unspecified atom stereocenters. The maximum absolute atomic E-state index is 12.8. The van der Waals surface area contributed by atoms with E-state index in [9.17, 15) is 4.79 Å². The van der Waals surface area contributed by atoms with Crippen molar-refractivity contribution in [1.29, 1.82) is 0 Å². The van der Waals surface area contributed by atoms with Crippen molar-refractivity contribution in [3.05, 3.63) is 28.8 Å². The van der Waals surface area contributed by atoms with Crippen LogP contribution in [-0.4, -0.2) is 19.0 Å². The van der Waals surface area contributed by atoms with E-state index in [4.69, 9.17) is 11.6 Å². The molecule has 1 aromatic carbocycles. The summed E-state index contributed by atoms with van der Waals surface area (Å²) in [4.78, 5) is 12.8. The van der Waals surface area contributed by atoms with Crippen LogP contribution < -0.4 is 10.6 Å². The zero-order valence-electron chi connectivity index (χ0n) is 12.2. The van der Waals surface area contributed by atoms with Crippen molar-refractivity contribution < 1.29 is 4.79 Å². The SMILES string of the molecule is Cc1ccc(Cl)cc1NC(=O)[C@@]12CCCC[C@H]1CNC2.Cl. The monoisotopic (exact) mass is 328 g/mol. The number of fused-ring (bicyclic) bond motifs is 1. The molecule has 0 bridgehead atoms. The summed E-state index contributed by atoms with van der Waals surface area (Å²) in [5.41, 5.74) is 1.68. The molecule has 1 saturated carbocycles. The van der Waals surface area contributed by atoms with Crippen molar-refractivity contribution in [1.82, 2.24) is 5.32 Å². The Kier molecular flexibility index (Phi) is 5.18. The first kappa shape index (κ1) is 16.6. The van der Waals surface area contributed by atoms with Gasteiger partial charge in [-0.2, -0.15) is 0 Å². The van der Waals surface area contributed by atoms with Crippen molar-refractivity contribution >= 4 is 35.6 Å². The molecule has 5 heteroatoms. The first-order valence-electron chi connectivity index (χ1n) is 7.40. The van der Waals surface area contributed by atoms with Crippen LogP contribution in [0.1, 0.15) is 31.2 Å². The van der Waals surface area contributed by atoms with Gasteiger partial charge in [-0.1, -0.05) is 30.5 Å². The van der Waals surface area contributed by atoms with E-state index in [0.29, 0.717) is 10.9 Å². The molecule has 1 aliphatic carbocycles. The van der Waals surface area contributed by atoms with Gasteiger partial charge in [0, 0.05) is 17.3 Å². The Balaban J connectivity index is 0.00000161. The lowest BCUT2D eigenvalue weighted by Gasteiger charge is -2.37.